The van der Waals surface area contributed by atoms with Gasteiger partial charge in [-0.3, -0.25) is 25.0 Å². The Labute approximate surface area is 207 Å². The summed E-state index contributed by atoms with van der Waals surface area (Å²) in [6.45, 7) is 2.52. The molecule has 4 rings (SSSR count). The van der Waals surface area contributed by atoms with Gasteiger partial charge >= 0.3 is 0 Å². The van der Waals surface area contributed by atoms with E-state index in [0.29, 0.717) is 23.7 Å². The molecule has 35 heavy (non-hydrogen) atoms. The molecule has 4 aromatic rings. The average Bonchev–Trinajstić information content (AvgIpc) is 3.30. The van der Waals surface area contributed by atoms with Gasteiger partial charge in [-0.2, -0.15) is 0 Å². The van der Waals surface area contributed by atoms with Gasteiger partial charge in [0.1, 0.15) is 11.6 Å². The number of hydrogen-bond donors (Lipinski definition) is 2. The predicted molar refractivity (Wildman–Crippen MR) is 135 cm³/mol. The largest absolute Gasteiger partial charge is 0.494 e. The fourth-order valence-electron chi connectivity index (χ4n) is 3.36. The van der Waals surface area contributed by atoms with Crippen molar-refractivity contribution in [1.29, 1.82) is 0 Å². The summed E-state index contributed by atoms with van der Waals surface area (Å²) in [6.07, 6.45) is 0.584. The fourth-order valence-corrected chi connectivity index (χ4v) is 4.13. The van der Waals surface area contributed by atoms with E-state index in [9.17, 15) is 9.59 Å². The number of benzene rings is 3. The Morgan fingerprint density at radius 2 is 1.57 bits per heavy atom. The van der Waals surface area contributed by atoms with Crippen LogP contribution in [0.2, 0.25) is 0 Å². The minimum atomic E-state index is -0.383. The summed E-state index contributed by atoms with van der Waals surface area (Å²) < 4.78 is 7.49. The molecule has 0 saturated heterocycles. The molecule has 8 nitrogen and oxygen atoms in total. The van der Waals surface area contributed by atoms with Crippen molar-refractivity contribution in [3.8, 4) is 11.4 Å². The molecule has 1 aromatic heterocycles. The topological polar surface area (TPSA) is 98.1 Å². The SMILES string of the molecule is CCOc1ccc(-n2c(Cc3ccccc3)nnc2SCC(=O)NNC(=O)c2ccccc2)cc1. The zero-order valence-electron chi connectivity index (χ0n) is 19.2. The van der Waals surface area contributed by atoms with Gasteiger partial charge in [0, 0.05) is 17.7 Å². The van der Waals surface area contributed by atoms with E-state index in [1.165, 1.54) is 11.8 Å². The zero-order valence-corrected chi connectivity index (χ0v) is 20.0. The number of carbonyl (C=O) groups excluding carboxylic acids is 2. The second-order valence-corrected chi connectivity index (χ2v) is 8.42. The molecule has 0 bridgehead atoms. The highest BCUT2D eigenvalue weighted by atomic mass is 32.2. The molecule has 0 saturated carbocycles. The Morgan fingerprint density at radius 1 is 0.886 bits per heavy atom. The molecule has 0 aliphatic carbocycles. The molecule has 0 radical (unpaired) electrons. The number of ether oxygens (including phenoxy) is 1. The molecule has 0 atom stereocenters. The number of carbonyl (C=O) groups is 2. The highest BCUT2D eigenvalue weighted by Gasteiger charge is 2.17. The third kappa shape index (κ3) is 6.48. The average molecular weight is 488 g/mol. The summed E-state index contributed by atoms with van der Waals surface area (Å²) in [7, 11) is 0. The maximum absolute atomic E-state index is 12.4. The Balaban J connectivity index is 1.47. The second-order valence-electron chi connectivity index (χ2n) is 7.48. The van der Waals surface area contributed by atoms with Crippen LogP contribution in [0.3, 0.4) is 0 Å². The summed E-state index contributed by atoms with van der Waals surface area (Å²) in [4.78, 5) is 24.5. The van der Waals surface area contributed by atoms with Crippen LogP contribution in [0.4, 0.5) is 0 Å². The summed E-state index contributed by atoms with van der Waals surface area (Å²) >= 11 is 1.24. The van der Waals surface area contributed by atoms with Gasteiger partial charge in [0.2, 0.25) is 5.91 Å². The van der Waals surface area contributed by atoms with E-state index in [-0.39, 0.29) is 17.6 Å². The Morgan fingerprint density at radius 3 is 2.26 bits per heavy atom. The number of nitrogens with zero attached hydrogens (tertiary/aromatic N) is 3. The molecule has 1 heterocycles. The van der Waals surface area contributed by atoms with Gasteiger partial charge < -0.3 is 4.74 Å². The zero-order chi connectivity index (χ0) is 24.5. The van der Waals surface area contributed by atoms with Crippen LogP contribution in [0.1, 0.15) is 28.7 Å². The Hall–Kier alpha value is -4.11. The van der Waals surface area contributed by atoms with Gasteiger partial charge in [0.05, 0.1) is 12.4 Å². The quantitative estimate of drug-likeness (QED) is 0.275. The van der Waals surface area contributed by atoms with Crippen molar-refractivity contribution in [1.82, 2.24) is 25.6 Å². The highest BCUT2D eigenvalue weighted by Crippen LogP contribution is 2.25. The molecular formula is C26H25N5O3S. The molecule has 2 amide bonds. The van der Waals surface area contributed by atoms with E-state index in [4.69, 9.17) is 4.74 Å². The van der Waals surface area contributed by atoms with Crippen molar-refractivity contribution < 1.29 is 14.3 Å². The molecule has 0 fully saturated rings. The van der Waals surface area contributed by atoms with Crippen molar-refractivity contribution >= 4 is 23.6 Å². The summed E-state index contributed by atoms with van der Waals surface area (Å²) in [5, 5.41) is 9.31. The standard InChI is InChI=1S/C26H25N5O3S/c1-2-34-22-15-13-21(14-16-22)31-23(17-19-9-5-3-6-10-19)27-30-26(31)35-18-24(32)28-29-25(33)20-11-7-4-8-12-20/h3-16H,2,17-18H2,1H3,(H,28,32)(H,29,33). The molecule has 0 spiro atoms. The van der Waals surface area contributed by atoms with E-state index >= 15 is 0 Å². The van der Waals surface area contributed by atoms with E-state index < -0.39 is 0 Å². The number of thioether (sulfide) groups is 1. The van der Waals surface area contributed by atoms with Crippen LogP contribution in [0.5, 0.6) is 5.75 Å². The van der Waals surface area contributed by atoms with Crippen LogP contribution in [-0.4, -0.2) is 38.9 Å². The lowest BCUT2D eigenvalue weighted by atomic mass is 10.1. The Bertz CT molecular complexity index is 1260. The summed E-state index contributed by atoms with van der Waals surface area (Å²) in [5.41, 5.74) is 7.30. The lowest BCUT2D eigenvalue weighted by molar-refractivity contribution is -0.119. The molecule has 0 aliphatic heterocycles. The van der Waals surface area contributed by atoms with Crippen LogP contribution in [-0.2, 0) is 11.2 Å². The minimum Gasteiger partial charge on any atom is -0.494 e. The molecule has 0 unspecified atom stereocenters. The van der Waals surface area contributed by atoms with Crippen molar-refractivity contribution in [2.24, 2.45) is 0 Å². The van der Waals surface area contributed by atoms with Crippen molar-refractivity contribution in [3.05, 3.63) is 102 Å². The minimum absolute atomic E-state index is 0.0512. The number of nitrogens with one attached hydrogen (secondary N) is 2. The van der Waals surface area contributed by atoms with Crippen LogP contribution >= 0.6 is 11.8 Å². The number of aromatic nitrogens is 3. The lowest BCUT2D eigenvalue weighted by Crippen LogP contribution is -2.42. The number of hydrazine groups is 1. The number of rotatable bonds is 9. The number of amides is 2. The van der Waals surface area contributed by atoms with Crippen LogP contribution < -0.4 is 15.6 Å². The maximum Gasteiger partial charge on any atom is 0.269 e. The van der Waals surface area contributed by atoms with Crippen LogP contribution in [0, 0.1) is 0 Å². The summed E-state index contributed by atoms with van der Waals surface area (Å²) in [6, 6.07) is 26.3. The molecule has 0 aliphatic rings. The smallest absolute Gasteiger partial charge is 0.269 e. The van der Waals surface area contributed by atoms with Gasteiger partial charge in [-0.15, -0.1) is 10.2 Å². The molecular weight excluding hydrogens is 462 g/mol. The lowest BCUT2D eigenvalue weighted by Gasteiger charge is -2.12. The second kappa shape index (κ2) is 11.8. The van der Waals surface area contributed by atoms with Gasteiger partial charge in [0.15, 0.2) is 5.16 Å². The first kappa shape index (κ1) is 24.0. The number of hydrogen-bond acceptors (Lipinski definition) is 6. The third-order valence-electron chi connectivity index (χ3n) is 5.00. The summed E-state index contributed by atoms with van der Waals surface area (Å²) in [5.74, 6) is 0.837. The molecule has 178 valence electrons. The van der Waals surface area contributed by atoms with E-state index in [2.05, 4.69) is 21.0 Å². The van der Waals surface area contributed by atoms with Gasteiger partial charge in [-0.05, 0) is 48.9 Å². The van der Waals surface area contributed by atoms with Crippen molar-refractivity contribution in [2.75, 3.05) is 12.4 Å². The van der Waals surface area contributed by atoms with Gasteiger partial charge in [-0.1, -0.05) is 60.3 Å². The van der Waals surface area contributed by atoms with Crippen molar-refractivity contribution in [3.63, 3.8) is 0 Å². The first-order chi connectivity index (χ1) is 17.1. The molecule has 2 N–H and O–H groups in total. The Kier molecular flexibility index (Phi) is 8.13. The van der Waals surface area contributed by atoms with Crippen LogP contribution in [0.15, 0.2) is 90.1 Å². The monoisotopic (exact) mass is 487 g/mol. The maximum atomic E-state index is 12.4. The van der Waals surface area contributed by atoms with Gasteiger partial charge in [-0.25, -0.2) is 0 Å². The fraction of sp³-hybridized carbons (Fsp3) is 0.154. The van der Waals surface area contributed by atoms with Crippen LogP contribution in [0.25, 0.3) is 5.69 Å². The molecule has 3 aromatic carbocycles. The first-order valence-electron chi connectivity index (χ1n) is 11.1. The highest BCUT2D eigenvalue weighted by molar-refractivity contribution is 7.99. The van der Waals surface area contributed by atoms with Crippen molar-refractivity contribution in [2.45, 2.75) is 18.5 Å². The normalized spacial score (nSPS) is 10.5. The van der Waals surface area contributed by atoms with E-state index in [0.717, 1.165) is 22.8 Å². The molecule has 9 heteroatoms. The predicted octanol–water partition coefficient (Wildman–Crippen LogP) is 3.81. The third-order valence-corrected chi connectivity index (χ3v) is 5.92. The van der Waals surface area contributed by atoms with E-state index in [1.54, 1.807) is 24.3 Å². The van der Waals surface area contributed by atoms with Gasteiger partial charge in [0.25, 0.3) is 5.91 Å². The first-order valence-corrected chi connectivity index (χ1v) is 12.1. The van der Waals surface area contributed by atoms with E-state index in [1.807, 2.05) is 72.2 Å².